The molecule has 6 unspecified atom stereocenters. The smallest absolute Gasteiger partial charge is 0.237 e. The molecule has 0 bridgehead atoms. The number of nitrogens with one attached hydrogen (secondary N) is 4. The quantitative estimate of drug-likeness (QED) is 0.534. The van der Waals surface area contributed by atoms with E-state index >= 15 is 0 Å². The van der Waals surface area contributed by atoms with Crippen LogP contribution in [-0.2, 0) is 4.79 Å². The van der Waals surface area contributed by atoms with Crippen LogP contribution in [0.4, 0.5) is 4.39 Å². The highest BCUT2D eigenvalue weighted by Gasteiger charge is 2.42. The van der Waals surface area contributed by atoms with Crippen molar-refractivity contribution in [2.75, 3.05) is 13.7 Å². The van der Waals surface area contributed by atoms with Crippen molar-refractivity contribution in [1.29, 1.82) is 0 Å². The summed E-state index contributed by atoms with van der Waals surface area (Å²) in [5.41, 5.74) is 6.81. The maximum atomic E-state index is 14.2. The number of thioether (sulfide) groups is 1. The average molecular weight is 414 g/mol. The lowest BCUT2D eigenvalue weighted by atomic mass is 9.83. The van der Waals surface area contributed by atoms with Gasteiger partial charge in [-0.1, -0.05) is 13.3 Å². The zero-order valence-electron chi connectivity index (χ0n) is 17.1. The first-order chi connectivity index (χ1) is 13.5. The Morgan fingerprint density at radius 2 is 2.04 bits per heavy atom. The van der Waals surface area contributed by atoms with Crippen LogP contribution in [0, 0.1) is 11.8 Å². The summed E-state index contributed by atoms with van der Waals surface area (Å²) in [7, 11) is 2.12. The molecule has 6 nitrogen and oxygen atoms in total. The molecule has 4 N–H and O–H groups in total. The second kappa shape index (κ2) is 9.16. The van der Waals surface area contributed by atoms with Crippen LogP contribution in [-0.4, -0.2) is 59.6 Å². The zero-order chi connectivity index (χ0) is 19.7. The molecular weight excluding hydrogens is 377 g/mol. The summed E-state index contributed by atoms with van der Waals surface area (Å²) < 4.78 is 14.2. The lowest BCUT2D eigenvalue weighted by molar-refractivity contribution is -0.125. The van der Waals surface area contributed by atoms with Gasteiger partial charge in [0.2, 0.25) is 5.91 Å². The van der Waals surface area contributed by atoms with Crippen molar-refractivity contribution in [3.8, 4) is 0 Å². The monoisotopic (exact) mass is 413 g/mol. The Kier molecular flexibility index (Phi) is 6.82. The number of amides is 1. The fourth-order valence-electron chi connectivity index (χ4n) is 5.01. The van der Waals surface area contributed by atoms with Crippen LogP contribution in [0.1, 0.15) is 58.3 Å². The molecule has 0 aromatic carbocycles. The largest absolute Gasteiger partial charge is 0.352 e. The Morgan fingerprint density at radius 1 is 1.21 bits per heavy atom. The van der Waals surface area contributed by atoms with Gasteiger partial charge < -0.3 is 5.32 Å². The van der Waals surface area contributed by atoms with Gasteiger partial charge >= 0.3 is 0 Å². The number of carbonyl (C=O) groups is 1. The van der Waals surface area contributed by atoms with E-state index in [1.807, 2.05) is 11.8 Å². The van der Waals surface area contributed by atoms with Crippen LogP contribution in [0.5, 0.6) is 0 Å². The summed E-state index contributed by atoms with van der Waals surface area (Å²) in [5, 5.41) is 7.17. The van der Waals surface area contributed by atoms with E-state index in [0.717, 1.165) is 32.4 Å². The molecule has 0 aromatic heterocycles. The lowest BCUT2D eigenvalue weighted by Crippen LogP contribution is -2.57. The van der Waals surface area contributed by atoms with Gasteiger partial charge in [-0.3, -0.25) is 15.0 Å². The normalized spacial score (nSPS) is 41.0. The van der Waals surface area contributed by atoms with E-state index in [2.05, 4.69) is 40.4 Å². The van der Waals surface area contributed by atoms with Gasteiger partial charge in [0, 0.05) is 17.3 Å². The molecule has 8 heteroatoms. The minimum absolute atomic E-state index is 0.0879. The third-order valence-electron chi connectivity index (χ3n) is 6.98. The Labute approximate surface area is 172 Å². The molecule has 0 spiro atoms. The molecule has 4 rings (SSSR count). The summed E-state index contributed by atoms with van der Waals surface area (Å²) in [4.78, 5) is 15.1. The number of carbonyl (C=O) groups excluding carboxylic acids is 1. The fourth-order valence-corrected chi connectivity index (χ4v) is 6.32. The highest BCUT2D eigenvalue weighted by atomic mass is 32.2. The van der Waals surface area contributed by atoms with Gasteiger partial charge in [-0.05, 0) is 63.8 Å². The average Bonchev–Trinajstić information content (AvgIpc) is 3.45. The Bertz CT molecular complexity index is 551. The fraction of sp³-hybridized carbons (Fsp3) is 0.950. The molecule has 2 heterocycles. The van der Waals surface area contributed by atoms with E-state index in [-0.39, 0.29) is 24.0 Å². The number of nitrogens with zero attached hydrogens (tertiary/aromatic N) is 1. The SMILES string of the molecule is C[C@H](SC1NNCN1C)C1CCCC(NC(=O)C2CCC(F)C(C3CC3)N2)C1. The van der Waals surface area contributed by atoms with E-state index in [4.69, 9.17) is 0 Å². The molecule has 2 saturated heterocycles. The molecule has 2 aliphatic carbocycles. The summed E-state index contributed by atoms with van der Waals surface area (Å²) in [5.74, 6) is 1.15. The first-order valence-electron chi connectivity index (χ1n) is 11.1. The molecule has 2 saturated carbocycles. The zero-order valence-corrected chi connectivity index (χ0v) is 17.9. The Hall–Kier alpha value is -0.410. The first kappa shape index (κ1) is 20.8. The van der Waals surface area contributed by atoms with Gasteiger partial charge in [-0.2, -0.15) is 0 Å². The maximum Gasteiger partial charge on any atom is 0.237 e. The summed E-state index contributed by atoms with van der Waals surface area (Å²) in [6.45, 7) is 3.18. The summed E-state index contributed by atoms with van der Waals surface area (Å²) in [6.07, 6.45) is 7.07. The third kappa shape index (κ3) is 5.01. The van der Waals surface area contributed by atoms with E-state index < -0.39 is 6.17 Å². The standard InChI is InChI=1S/C20H36FN5OS/c1-12(28-20-25-22-11-26(20)2)14-4-3-5-15(10-14)23-19(27)17-9-8-16(21)18(24-17)13-6-7-13/h12-18,20,22,24-25H,3-11H2,1-2H3,(H,23,27)/t12-,14?,15?,16?,17?,18?,20?/m0/s1. The van der Waals surface area contributed by atoms with Crippen LogP contribution >= 0.6 is 11.8 Å². The second-order valence-corrected chi connectivity index (χ2v) is 10.7. The summed E-state index contributed by atoms with van der Waals surface area (Å²) >= 11 is 1.97. The van der Waals surface area contributed by atoms with Gasteiger partial charge in [0.15, 0.2) is 0 Å². The molecule has 0 radical (unpaired) electrons. The third-order valence-corrected chi connectivity index (χ3v) is 8.53. The summed E-state index contributed by atoms with van der Waals surface area (Å²) in [6, 6.07) is -0.0670. The van der Waals surface area contributed by atoms with Crippen LogP contribution < -0.4 is 21.5 Å². The van der Waals surface area contributed by atoms with E-state index in [1.54, 1.807) is 0 Å². The predicted octanol–water partition coefficient (Wildman–Crippen LogP) is 1.93. The molecule has 1 amide bonds. The highest BCUT2D eigenvalue weighted by Crippen LogP contribution is 2.38. The minimum Gasteiger partial charge on any atom is -0.352 e. The van der Waals surface area contributed by atoms with Crippen molar-refractivity contribution in [3.05, 3.63) is 0 Å². The number of hydrogen-bond acceptors (Lipinski definition) is 6. The van der Waals surface area contributed by atoms with Crippen molar-refractivity contribution in [2.45, 2.75) is 93.3 Å². The number of hydrogen-bond donors (Lipinski definition) is 4. The van der Waals surface area contributed by atoms with E-state index in [0.29, 0.717) is 35.4 Å². The number of piperidine rings is 1. The van der Waals surface area contributed by atoms with Crippen molar-refractivity contribution >= 4 is 17.7 Å². The molecule has 2 aliphatic heterocycles. The molecule has 4 aliphatic rings. The number of hydrazine groups is 1. The van der Waals surface area contributed by atoms with E-state index in [1.165, 1.54) is 12.8 Å². The van der Waals surface area contributed by atoms with E-state index in [9.17, 15) is 9.18 Å². The van der Waals surface area contributed by atoms with Gasteiger partial charge in [0.05, 0.1) is 12.7 Å². The lowest BCUT2D eigenvalue weighted by Gasteiger charge is -2.37. The number of rotatable bonds is 6. The highest BCUT2D eigenvalue weighted by molar-refractivity contribution is 8.00. The maximum absolute atomic E-state index is 14.2. The van der Waals surface area contributed by atoms with Crippen molar-refractivity contribution < 1.29 is 9.18 Å². The first-order valence-corrected chi connectivity index (χ1v) is 12.0. The molecule has 7 atom stereocenters. The Morgan fingerprint density at radius 3 is 2.75 bits per heavy atom. The molecule has 28 heavy (non-hydrogen) atoms. The van der Waals surface area contributed by atoms with Crippen molar-refractivity contribution in [3.63, 3.8) is 0 Å². The molecular formula is C20H36FN5OS. The minimum atomic E-state index is -0.787. The Balaban J connectivity index is 1.25. The molecule has 160 valence electrons. The van der Waals surface area contributed by atoms with Crippen LogP contribution in [0.15, 0.2) is 0 Å². The van der Waals surface area contributed by atoms with Crippen LogP contribution in [0.2, 0.25) is 0 Å². The topological polar surface area (TPSA) is 68.4 Å². The predicted molar refractivity (Wildman–Crippen MR) is 111 cm³/mol. The molecule has 4 fully saturated rings. The number of halogens is 1. The second-order valence-electron chi connectivity index (χ2n) is 9.24. The van der Waals surface area contributed by atoms with Crippen LogP contribution in [0.3, 0.4) is 0 Å². The van der Waals surface area contributed by atoms with Crippen molar-refractivity contribution in [1.82, 2.24) is 26.4 Å². The molecule has 0 aromatic rings. The number of alkyl halides is 1. The van der Waals surface area contributed by atoms with Crippen molar-refractivity contribution in [2.24, 2.45) is 11.8 Å². The van der Waals surface area contributed by atoms with Crippen LogP contribution in [0.25, 0.3) is 0 Å². The van der Waals surface area contributed by atoms with Gasteiger partial charge in [-0.25, -0.2) is 15.2 Å². The van der Waals surface area contributed by atoms with Gasteiger partial charge in [0.25, 0.3) is 0 Å². The van der Waals surface area contributed by atoms with Gasteiger partial charge in [-0.15, -0.1) is 11.8 Å². The van der Waals surface area contributed by atoms with Gasteiger partial charge in [0.1, 0.15) is 11.7 Å².